The number of nitroso groups, excluding NO2 is 1. The lowest BCUT2D eigenvalue weighted by Gasteiger charge is -2.12. The molecule has 2 amide bonds. The molecule has 0 unspecified atom stereocenters. The number of nitrogens with one attached hydrogen (secondary N) is 1. The molecule has 0 aromatic carbocycles. The Morgan fingerprint density at radius 2 is 2.38 bits per heavy atom. The van der Waals surface area contributed by atoms with Crippen LogP contribution in [0.4, 0.5) is 4.79 Å². The van der Waals surface area contributed by atoms with Gasteiger partial charge in [0.25, 0.3) is 0 Å². The Labute approximate surface area is 76.0 Å². The van der Waals surface area contributed by atoms with Crippen molar-refractivity contribution < 1.29 is 4.79 Å². The fraction of sp³-hybridized carbons (Fsp3) is 0.222. The molecule has 0 atom stereocenters. The third-order valence-corrected chi connectivity index (χ3v) is 1.77. The zero-order valence-corrected chi connectivity index (χ0v) is 7.33. The van der Waals surface area contributed by atoms with Crippen LogP contribution in [-0.2, 0) is 0 Å². The Morgan fingerprint density at radius 1 is 1.69 bits per heavy atom. The Morgan fingerprint density at radius 3 is 3.00 bits per heavy atom. The number of nitrogens with zero attached hydrogens (tertiary/aromatic N) is 1. The third kappa shape index (κ3) is 2.37. The van der Waals surface area contributed by atoms with Crippen molar-refractivity contribution in [2.24, 2.45) is 5.18 Å². The highest BCUT2D eigenvalue weighted by atomic mass is 16.3. The molecule has 4 nitrogen and oxygen atoms in total. The van der Waals surface area contributed by atoms with Gasteiger partial charge in [-0.3, -0.25) is 0 Å². The molecule has 0 heterocycles. The van der Waals surface area contributed by atoms with Gasteiger partial charge in [-0.2, -0.15) is 0 Å². The highest BCUT2D eigenvalue weighted by molar-refractivity contribution is 5.77. The molecule has 68 valence electrons. The minimum atomic E-state index is -0.881. The quantitative estimate of drug-likeness (QED) is 0.626. The van der Waals surface area contributed by atoms with Crippen LogP contribution in [0.1, 0.15) is 13.3 Å². The van der Waals surface area contributed by atoms with Gasteiger partial charge in [-0.05, 0) is 30.6 Å². The topological polar surface area (TPSA) is 58.5 Å². The van der Waals surface area contributed by atoms with Crippen molar-refractivity contribution in [2.45, 2.75) is 13.3 Å². The van der Waals surface area contributed by atoms with E-state index < -0.39 is 6.03 Å². The SMILES string of the molecule is C=C1C=C(NC(=O)N=O)C(C)=CC1. The smallest absolute Gasteiger partial charge is 0.303 e. The summed E-state index contributed by atoms with van der Waals surface area (Å²) in [7, 11) is 0. The minimum Gasteiger partial charge on any atom is -0.303 e. The summed E-state index contributed by atoms with van der Waals surface area (Å²) in [4.78, 5) is 20.5. The van der Waals surface area contributed by atoms with Gasteiger partial charge in [0.1, 0.15) is 0 Å². The summed E-state index contributed by atoms with van der Waals surface area (Å²) in [6.45, 7) is 5.60. The second-order valence-electron chi connectivity index (χ2n) is 2.83. The number of carbonyl (C=O) groups is 1. The van der Waals surface area contributed by atoms with E-state index in [0.29, 0.717) is 5.70 Å². The first-order valence-corrected chi connectivity index (χ1v) is 3.84. The van der Waals surface area contributed by atoms with Gasteiger partial charge in [0.15, 0.2) is 0 Å². The molecule has 0 spiro atoms. The summed E-state index contributed by atoms with van der Waals surface area (Å²) in [5, 5.41) is 4.61. The molecule has 0 aromatic heterocycles. The van der Waals surface area contributed by atoms with E-state index in [4.69, 9.17) is 0 Å². The average molecular weight is 178 g/mol. The highest BCUT2D eigenvalue weighted by Gasteiger charge is 2.09. The maximum absolute atomic E-state index is 10.6. The molecule has 1 N–H and O–H groups in total. The molecule has 0 aromatic rings. The van der Waals surface area contributed by atoms with Crippen molar-refractivity contribution in [1.29, 1.82) is 0 Å². The highest BCUT2D eigenvalue weighted by Crippen LogP contribution is 2.18. The van der Waals surface area contributed by atoms with Crippen LogP contribution in [0.25, 0.3) is 0 Å². The van der Waals surface area contributed by atoms with E-state index in [9.17, 15) is 9.70 Å². The zero-order valence-electron chi connectivity index (χ0n) is 7.33. The van der Waals surface area contributed by atoms with Gasteiger partial charge in [0.2, 0.25) is 0 Å². The number of rotatable bonds is 1. The van der Waals surface area contributed by atoms with Crippen LogP contribution in [0.5, 0.6) is 0 Å². The van der Waals surface area contributed by atoms with Crippen molar-refractivity contribution in [2.75, 3.05) is 0 Å². The molecular formula is C9H10N2O2. The number of hydrogen-bond donors (Lipinski definition) is 1. The molecule has 0 saturated heterocycles. The monoisotopic (exact) mass is 178 g/mol. The van der Waals surface area contributed by atoms with E-state index >= 15 is 0 Å². The van der Waals surface area contributed by atoms with Gasteiger partial charge in [0.05, 0.1) is 0 Å². The second kappa shape index (κ2) is 3.80. The fourth-order valence-corrected chi connectivity index (χ4v) is 1.04. The molecule has 0 saturated carbocycles. The molecule has 0 bridgehead atoms. The maximum Gasteiger partial charge on any atom is 0.383 e. The Hall–Kier alpha value is -1.71. The molecule has 1 rings (SSSR count). The van der Waals surface area contributed by atoms with Gasteiger partial charge in [-0.15, -0.1) is 4.91 Å². The summed E-state index contributed by atoms with van der Waals surface area (Å²) in [5.41, 5.74) is 2.41. The lowest BCUT2D eigenvalue weighted by Crippen LogP contribution is -2.20. The van der Waals surface area contributed by atoms with Crippen LogP contribution in [0.3, 0.4) is 0 Å². The molecular weight excluding hydrogens is 168 g/mol. The van der Waals surface area contributed by atoms with E-state index in [0.717, 1.165) is 17.6 Å². The van der Waals surface area contributed by atoms with Crippen LogP contribution in [0, 0.1) is 4.91 Å². The molecule has 1 aliphatic carbocycles. The predicted octanol–water partition coefficient (Wildman–Crippen LogP) is 2.25. The summed E-state index contributed by atoms with van der Waals surface area (Å²) < 4.78 is 0. The van der Waals surface area contributed by atoms with Gasteiger partial charge in [0, 0.05) is 10.9 Å². The van der Waals surface area contributed by atoms with E-state index in [1.54, 1.807) is 6.08 Å². The Balaban J connectivity index is 2.77. The lowest BCUT2D eigenvalue weighted by molar-refractivity contribution is 0.251. The molecule has 1 aliphatic rings. The van der Waals surface area contributed by atoms with Crippen LogP contribution >= 0.6 is 0 Å². The third-order valence-electron chi connectivity index (χ3n) is 1.77. The van der Waals surface area contributed by atoms with Crippen LogP contribution in [0.15, 0.2) is 40.8 Å². The van der Waals surface area contributed by atoms with E-state index in [2.05, 4.69) is 17.1 Å². The van der Waals surface area contributed by atoms with Crippen LogP contribution < -0.4 is 5.32 Å². The van der Waals surface area contributed by atoms with Gasteiger partial charge in [-0.1, -0.05) is 12.7 Å². The molecule has 0 aliphatic heterocycles. The van der Waals surface area contributed by atoms with Crippen molar-refractivity contribution in [3.8, 4) is 0 Å². The number of allylic oxidation sites excluding steroid dienone is 4. The maximum atomic E-state index is 10.6. The Kier molecular flexibility index (Phi) is 2.74. The first-order valence-electron chi connectivity index (χ1n) is 3.84. The van der Waals surface area contributed by atoms with Crippen LogP contribution in [-0.4, -0.2) is 6.03 Å². The van der Waals surface area contributed by atoms with E-state index in [1.165, 1.54) is 0 Å². The van der Waals surface area contributed by atoms with Crippen molar-refractivity contribution in [3.05, 3.63) is 40.5 Å². The van der Waals surface area contributed by atoms with Gasteiger partial charge < -0.3 is 5.32 Å². The van der Waals surface area contributed by atoms with E-state index in [-0.39, 0.29) is 0 Å². The molecule has 4 heteroatoms. The number of hydrogen-bond acceptors (Lipinski definition) is 2. The first kappa shape index (κ1) is 9.38. The predicted molar refractivity (Wildman–Crippen MR) is 49.9 cm³/mol. The standard InChI is InChI=1S/C9H10N2O2/c1-6-3-4-7(2)8(5-6)10-9(12)11-13/h4-5H,1,3H2,2H3,(H,10,12). The molecule has 0 fully saturated rings. The Bertz CT molecular complexity index is 327. The minimum absolute atomic E-state index is 0.598. The first-order chi connectivity index (χ1) is 6.13. The summed E-state index contributed by atoms with van der Waals surface area (Å²) in [6.07, 6.45) is 4.45. The number of urea groups is 1. The van der Waals surface area contributed by atoms with Gasteiger partial charge in [-0.25, -0.2) is 4.79 Å². The summed E-state index contributed by atoms with van der Waals surface area (Å²) in [5.74, 6) is 0. The molecule has 0 radical (unpaired) electrons. The number of amides is 2. The van der Waals surface area contributed by atoms with Crippen molar-refractivity contribution in [1.82, 2.24) is 5.32 Å². The normalized spacial score (nSPS) is 15.9. The van der Waals surface area contributed by atoms with Crippen molar-refractivity contribution in [3.63, 3.8) is 0 Å². The second-order valence-corrected chi connectivity index (χ2v) is 2.83. The summed E-state index contributed by atoms with van der Waals surface area (Å²) >= 11 is 0. The number of carbonyl (C=O) groups excluding carboxylic acids is 1. The largest absolute Gasteiger partial charge is 0.383 e. The zero-order chi connectivity index (χ0) is 9.84. The van der Waals surface area contributed by atoms with E-state index in [1.807, 2.05) is 13.0 Å². The van der Waals surface area contributed by atoms with Gasteiger partial charge >= 0.3 is 6.03 Å². The van der Waals surface area contributed by atoms with Crippen LogP contribution in [0.2, 0.25) is 0 Å². The fourth-order valence-electron chi connectivity index (χ4n) is 1.04. The molecule has 13 heavy (non-hydrogen) atoms. The average Bonchev–Trinajstić information content (AvgIpc) is 2.11. The lowest BCUT2D eigenvalue weighted by atomic mass is 10.0. The van der Waals surface area contributed by atoms with Crippen molar-refractivity contribution >= 4 is 6.03 Å². The summed E-state index contributed by atoms with van der Waals surface area (Å²) in [6, 6.07) is -0.881.